The number of aliphatic carboxylic acids is 1. The van der Waals surface area contributed by atoms with Crippen molar-refractivity contribution in [2.75, 3.05) is 20.6 Å². The fourth-order valence-electron chi connectivity index (χ4n) is 0.821. The summed E-state index contributed by atoms with van der Waals surface area (Å²) in [6.45, 7) is 1.40. The molecule has 0 aliphatic heterocycles. The van der Waals surface area contributed by atoms with Gasteiger partial charge in [0.15, 0.2) is 0 Å². The molecule has 6 nitrogen and oxygen atoms in total. The van der Waals surface area contributed by atoms with Gasteiger partial charge in [0.25, 0.3) is 0 Å². The van der Waals surface area contributed by atoms with Gasteiger partial charge in [0.05, 0.1) is 6.04 Å². The number of carboxylic acids is 1. The molecule has 0 radical (unpaired) electrons. The summed E-state index contributed by atoms with van der Waals surface area (Å²) in [5.74, 6) is -1.53. The van der Waals surface area contributed by atoms with Gasteiger partial charge in [-0.25, -0.2) is 0 Å². The molecule has 6 heteroatoms. The first-order valence-corrected chi connectivity index (χ1v) is 4.27. The normalized spacial score (nSPS) is 14.9. The number of carbonyl (C=O) groups excluding carboxylic acids is 1. The van der Waals surface area contributed by atoms with Crippen LogP contribution < -0.4 is 11.1 Å². The van der Waals surface area contributed by atoms with E-state index in [1.54, 1.807) is 25.9 Å². The second-order valence-electron chi connectivity index (χ2n) is 3.34. The molecule has 0 fully saturated rings. The minimum absolute atomic E-state index is 0.135. The van der Waals surface area contributed by atoms with Crippen molar-refractivity contribution in [1.29, 1.82) is 0 Å². The van der Waals surface area contributed by atoms with Gasteiger partial charge in [-0.05, 0) is 21.0 Å². The van der Waals surface area contributed by atoms with Gasteiger partial charge in [0.1, 0.15) is 6.54 Å². The molecule has 0 spiro atoms. The first-order chi connectivity index (χ1) is 6.36. The van der Waals surface area contributed by atoms with Crippen LogP contribution in [0.2, 0.25) is 0 Å². The molecule has 0 aromatic carbocycles. The smallest absolute Gasteiger partial charge is 0.322 e. The molecule has 82 valence electrons. The van der Waals surface area contributed by atoms with E-state index < -0.39 is 24.5 Å². The third kappa shape index (κ3) is 4.20. The van der Waals surface area contributed by atoms with E-state index in [9.17, 15) is 9.59 Å². The predicted molar refractivity (Wildman–Crippen MR) is 51.8 cm³/mol. The summed E-state index contributed by atoms with van der Waals surface area (Å²) in [4.78, 5) is 23.2. The van der Waals surface area contributed by atoms with Crippen molar-refractivity contribution in [2.24, 2.45) is 5.73 Å². The molecular formula is C8H17N3O3. The fourth-order valence-corrected chi connectivity index (χ4v) is 0.821. The Morgan fingerprint density at radius 2 is 2.00 bits per heavy atom. The van der Waals surface area contributed by atoms with Crippen molar-refractivity contribution in [1.82, 2.24) is 10.2 Å². The summed E-state index contributed by atoms with van der Waals surface area (Å²) in [5, 5.41) is 10.6. The van der Waals surface area contributed by atoms with Crippen LogP contribution in [0.4, 0.5) is 0 Å². The van der Waals surface area contributed by atoms with E-state index in [-0.39, 0.29) is 6.04 Å². The fraction of sp³-hybridized carbons (Fsp3) is 0.750. The van der Waals surface area contributed by atoms with Gasteiger partial charge in [-0.3, -0.25) is 9.59 Å². The average molecular weight is 203 g/mol. The lowest BCUT2D eigenvalue weighted by Crippen LogP contribution is -2.52. The first kappa shape index (κ1) is 12.9. The van der Waals surface area contributed by atoms with Crippen molar-refractivity contribution in [3.05, 3.63) is 0 Å². The molecule has 0 aliphatic carbocycles. The van der Waals surface area contributed by atoms with Crippen LogP contribution in [0.25, 0.3) is 0 Å². The number of amides is 1. The molecule has 0 aromatic rings. The Morgan fingerprint density at radius 1 is 1.50 bits per heavy atom. The maximum Gasteiger partial charge on any atom is 0.322 e. The zero-order valence-electron chi connectivity index (χ0n) is 8.65. The topological polar surface area (TPSA) is 95.7 Å². The van der Waals surface area contributed by atoms with Crippen molar-refractivity contribution >= 4 is 11.9 Å². The Balaban J connectivity index is 4.05. The zero-order valence-corrected chi connectivity index (χ0v) is 8.65. The van der Waals surface area contributed by atoms with Crippen LogP contribution >= 0.6 is 0 Å². The number of hydrogen-bond donors (Lipinski definition) is 3. The molecule has 1 amide bonds. The Bertz CT molecular complexity index is 218. The number of nitrogens with one attached hydrogen (secondary N) is 1. The molecule has 0 saturated carbocycles. The number of carbonyl (C=O) groups is 2. The van der Waals surface area contributed by atoms with Crippen LogP contribution in [0, 0.1) is 0 Å². The molecule has 2 unspecified atom stereocenters. The molecule has 4 N–H and O–H groups in total. The van der Waals surface area contributed by atoms with Gasteiger partial charge < -0.3 is 21.1 Å². The van der Waals surface area contributed by atoms with Crippen LogP contribution in [0.5, 0.6) is 0 Å². The molecule has 0 aliphatic rings. The van der Waals surface area contributed by atoms with E-state index in [0.717, 1.165) is 0 Å². The summed E-state index contributed by atoms with van der Waals surface area (Å²) in [6, 6.07) is -0.854. The monoisotopic (exact) mass is 203 g/mol. The molecule has 0 bridgehead atoms. The van der Waals surface area contributed by atoms with Crippen molar-refractivity contribution < 1.29 is 14.7 Å². The lowest BCUT2D eigenvalue weighted by atomic mass is 10.1. The third-order valence-electron chi connectivity index (χ3n) is 2.05. The molecule has 14 heavy (non-hydrogen) atoms. The van der Waals surface area contributed by atoms with Gasteiger partial charge in [-0.2, -0.15) is 0 Å². The Labute approximate surface area is 83.1 Å². The minimum Gasteiger partial charge on any atom is -0.480 e. The number of likely N-dealkylation sites (N-methyl/N-ethyl adjacent to an activating group) is 1. The first-order valence-electron chi connectivity index (χ1n) is 4.27. The van der Waals surface area contributed by atoms with E-state index >= 15 is 0 Å². The summed E-state index contributed by atoms with van der Waals surface area (Å²) >= 11 is 0. The van der Waals surface area contributed by atoms with Crippen LogP contribution in [-0.2, 0) is 9.59 Å². The molecule has 2 atom stereocenters. The van der Waals surface area contributed by atoms with Gasteiger partial charge in [0.2, 0.25) is 5.91 Å². The molecule has 0 heterocycles. The zero-order chi connectivity index (χ0) is 11.3. The SMILES string of the molecule is CC(C(N)C(=O)NCC(=O)O)N(C)C. The van der Waals surface area contributed by atoms with Gasteiger partial charge in [0, 0.05) is 6.04 Å². The number of hydrogen-bond acceptors (Lipinski definition) is 4. The Kier molecular flexibility index (Phi) is 5.11. The number of rotatable bonds is 5. The van der Waals surface area contributed by atoms with Crippen LogP contribution in [-0.4, -0.2) is 54.6 Å². The Morgan fingerprint density at radius 3 is 2.36 bits per heavy atom. The summed E-state index contributed by atoms with van der Waals surface area (Å²) in [6.07, 6.45) is 0. The van der Waals surface area contributed by atoms with E-state index in [2.05, 4.69) is 5.32 Å². The highest BCUT2D eigenvalue weighted by Gasteiger charge is 2.22. The van der Waals surface area contributed by atoms with Crippen molar-refractivity contribution in [3.8, 4) is 0 Å². The Hall–Kier alpha value is -1.14. The molecule has 0 rings (SSSR count). The average Bonchev–Trinajstić information content (AvgIpc) is 2.11. The van der Waals surface area contributed by atoms with Crippen molar-refractivity contribution in [3.63, 3.8) is 0 Å². The van der Waals surface area contributed by atoms with E-state index in [4.69, 9.17) is 10.8 Å². The standard InChI is InChI=1S/C8H17N3O3/c1-5(11(2)3)7(9)8(14)10-4-6(12)13/h5,7H,4,9H2,1-3H3,(H,10,14)(H,12,13). The van der Waals surface area contributed by atoms with Crippen LogP contribution in [0.1, 0.15) is 6.92 Å². The quantitative estimate of drug-likeness (QED) is 0.503. The number of carboxylic acid groups (broad SMARTS) is 1. The van der Waals surface area contributed by atoms with E-state index in [1.807, 2.05) is 0 Å². The largest absolute Gasteiger partial charge is 0.480 e. The summed E-state index contributed by atoms with van der Waals surface area (Å²) in [5.41, 5.74) is 5.60. The van der Waals surface area contributed by atoms with Gasteiger partial charge in [-0.1, -0.05) is 0 Å². The summed E-state index contributed by atoms with van der Waals surface area (Å²) < 4.78 is 0. The highest BCUT2D eigenvalue weighted by molar-refractivity contribution is 5.85. The predicted octanol–water partition coefficient (Wildman–Crippen LogP) is -1.54. The van der Waals surface area contributed by atoms with Gasteiger partial charge >= 0.3 is 5.97 Å². The lowest BCUT2D eigenvalue weighted by Gasteiger charge is -2.25. The highest BCUT2D eigenvalue weighted by Crippen LogP contribution is 1.96. The molecular weight excluding hydrogens is 186 g/mol. The molecule has 0 aromatic heterocycles. The number of nitrogens with zero attached hydrogens (tertiary/aromatic N) is 1. The van der Waals surface area contributed by atoms with Crippen LogP contribution in [0.3, 0.4) is 0 Å². The van der Waals surface area contributed by atoms with Crippen LogP contribution in [0.15, 0.2) is 0 Å². The summed E-state index contributed by atoms with van der Waals surface area (Å²) in [7, 11) is 3.60. The van der Waals surface area contributed by atoms with Gasteiger partial charge in [-0.15, -0.1) is 0 Å². The van der Waals surface area contributed by atoms with E-state index in [1.165, 1.54) is 0 Å². The minimum atomic E-state index is -1.08. The second-order valence-corrected chi connectivity index (χ2v) is 3.34. The number of nitrogens with two attached hydrogens (primary N) is 1. The van der Waals surface area contributed by atoms with E-state index in [0.29, 0.717) is 0 Å². The third-order valence-corrected chi connectivity index (χ3v) is 2.05. The second kappa shape index (κ2) is 5.56. The maximum atomic E-state index is 11.3. The highest BCUT2D eigenvalue weighted by atomic mass is 16.4. The molecule has 0 saturated heterocycles. The van der Waals surface area contributed by atoms with Crippen molar-refractivity contribution in [2.45, 2.75) is 19.0 Å². The maximum absolute atomic E-state index is 11.3. The lowest BCUT2D eigenvalue weighted by molar-refractivity contribution is -0.138.